The van der Waals surface area contributed by atoms with Gasteiger partial charge in [0.25, 0.3) is 0 Å². The van der Waals surface area contributed by atoms with Gasteiger partial charge in [0.2, 0.25) is 0 Å². The van der Waals surface area contributed by atoms with Crippen LogP contribution in [0.4, 0.5) is 19.0 Å². The first-order valence-corrected chi connectivity index (χ1v) is 8.80. The number of anilines is 1. The van der Waals surface area contributed by atoms with E-state index in [0.717, 1.165) is 6.07 Å². The van der Waals surface area contributed by atoms with Gasteiger partial charge in [0, 0.05) is 18.7 Å². The number of nitrogens with zero attached hydrogens (tertiary/aromatic N) is 3. The maximum atomic E-state index is 12.9. The van der Waals surface area contributed by atoms with Crippen molar-refractivity contribution in [3.63, 3.8) is 0 Å². The molecule has 9 heteroatoms. The van der Waals surface area contributed by atoms with Crippen molar-refractivity contribution in [3.05, 3.63) is 35.4 Å². The molecule has 28 heavy (non-hydrogen) atoms. The molecule has 1 aliphatic heterocycles. The van der Waals surface area contributed by atoms with E-state index in [1.54, 1.807) is 26.0 Å². The van der Waals surface area contributed by atoms with Crippen LogP contribution in [0.5, 0.6) is 5.75 Å². The molecule has 0 aliphatic carbocycles. The average molecular weight is 397 g/mol. The number of rotatable bonds is 3. The van der Waals surface area contributed by atoms with Gasteiger partial charge in [-0.2, -0.15) is 13.2 Å². The predicted octanol–water partition coefficient (Wildman–Crippen LogP) is 3.15. The highest BCUT2D eigenvalue weighted by Crippen LogP contribution is 2.38. The number of ether oxygens (including phenoxy) is 1. The normalized spacial score (nSPS) is 18.4. The molecule has 1 aromatic heterocycles. The van der Waals surface area contributed by atoms with E-state index in [0.29, 0.717) is 31.6 Å². The molecule has 2 heterocycles. The maximum Gasteiger partial charge on any atom is 0.416 e. The molecule has 1 aliphatic rings. The van der Waals surface area contributed by atoms with Crippen molar-refractivity contribution in [2.45, 2.75) is 38.7 Å². The van der Waals surface area contributed by atoms with Gasteiger partial charge in [-0.3, -0.25) is 0 Å². The Balaban J connectivity index is 1.85. The molecule has 2 aromatic rings. The second-order valence-electron chi connectivity index (χ2n) is 7.42. The number of morpholine rings is 1. The van der Waals surface area contributed by atoms with E-state index in [9.17, 15) is 23.4 Å². The topological polar surface area (TPSA) is 78.7 Å². The molecular weight excluding hydrogens is 375 g/mol. The summed E-state index contributed by atoms with van der Waals surface area (Å²) in [5.41, 5.74) is -1.18. The number of benzene rings is 1. The number of phenols is 1. The van der Waals surface area contributed by atoms with Crippen molar-refractivity contribution in [2.75, 3.05) is 24.6 Å². The Morgan fingerprint density at radius 3 is 2.43 bits per heavy atom. The van der Waals surface area contributed by atoms with Crippen molar-refractivity contribution in [3.8, 4) is 17.0 Å². The van der Waals surface area contributed by atoms with Gasteiger partial charge in [0.05, 0.1) is 23.5 Å². The van der Waals surface area contributed by atoms with Crippen LogP contribution in [0.15, 0.2) is 24.3 Å². The lowest BCUT2D eigenvalue weighted by molar-refractivity contribution is -0.137. The van der Waals surface area contributed by atoms with Gasteiger partial charge in [-0.15, -0.1) is 10.2 Å². The number of hydrogen-bond acceptors (Lipinski definition) is 6. The van der Waals surface area contributed by atoms with Crippen LogP contribution in [0.3, 0.4) is 0 Å². The fourth-order valence-corrected chi connectivity index (χ4v) is 3.18. The van der Waals surface area contributed by atoms with Crippen LogP contribution < -0.4 is 4.90 Å². The molecule has 1 fully saturated rings. The third kappa shape index (κ3) is 4.20. The molecule has 0 bridgehead atoms. The number of halogens is 3. The Bertz CT molecular complexity index is 825. The number of aromatic nitrogens is 2. The van der Waals surface area contributed by atoms with Crippen LogP contribution in [0.2, 0.25) is 0 Å². The fourth-order valence-electron chi connectivity index (χ4n) is 3.18. The first kappa shape index (κ1) is 20.3. The summed E-state index contributed by atoms with van der Waals surface area (Å²) in [6.45, 7) is 6.26. The quantitative estimate of drug-likeness (QED) is 0.829. The van der Waals surface area contributed by atoms with Crippen LogP contribution in [-0.4, -0.2) is 51.8 Å². The van der Waals surface area contributed by atoms with Crippen molar-refractivity contribution in [2.24, 2.45) is 0 Å². The summed E-state index contributed by atoms with van der Waals surface area (Å²) in [6, 6.07) is 4.95. The third-order valence-electron chi connectivity index (χ3n) is 4.73. The molecule has 1 aromatic carbocycles. The predicted molar refractivity (Wildman–Crippen MR) is 97.1 cm³/mol. The summed E-state index contributed by atoms with van der Waals surface area (Å²) in [5, 5.41) is 28.5. The van der Waals surface area contributed by atoms with E-state index < -0.39 is 23.1 Å². The van der Waals surface area contributed by atoms with Gasteiger partial charge in [-0.05, 0) is 50.6 Å². The average Bonchev–Trinajstić information content (AvgIpc) is 2.60. The first-order valence-electron chi connectivity index (χ1n) is 8.80. The molecule has 0 spiro atoms. The standard InChI is InChI=1S/C19H22F3N3O3/c1-11-8-12(19(20,21)22)9-14(26)17(11)13-4-5-16(24-23-13)25-6-7-28-15(10-25)18(2,3)27/h4-5,8-9,15,26-27H,6-7,10H2,1-3H3/t15-/m0/s1. The number of alkyl halides is 3. The Hall–Kier alpha value is -2.39. The minimum absolute atomic E-state index is 0.211. The molecule has 0 unspecified atom stereocenters. The second-order valence-corrected chi connectivity index (χ2v) is 7.42. The zero-order valence-corrected chi connectivity index (χ0v) is 15.8. The Labute approximate surface area is 160 Å². The van der Waals surface area contributed by atoms with E-state index in [2.05, 4.69) is 10.2 Å². The summed E-state index contributed by atoms with van der Waals surface area (Å²) < 4.78 is 44.2. The van der Waals surface area contributed by atoms with Gasteiger partial charge in [-0.1, -0.05) is 0 Å². The van der Waals surface area contributed by atoms with Crippen molar-refractivity contribution in [1.29, 1.82) is 0 Å². The number of aromatic hydroxyl groups is 1. The molecule has 1 saturated heterocycles. The van der Waals surface area contributed by atoms with Crippen LogP contribution >= 0.6 is 0 Å². The molecule has 1 atom stereocenters. The summed E-state index contributed by atoms with van der Waals surface area (Å²) in [6.07, 6.45) is -4.92. The van der Waals surface area contributed by atoms with Gasteiger partial charge < -0.3 is 19.8 Å². The first-order chi connectivity index (χ1) is 13.0. The molecule has 0 radical (unpaired) electrons. The van der Waals surface area contributed by atoms with Crippen LogP contribution in [0.1, 0.15) is 25.0 Å². The summed E-state index contributed by atoms with van der Waals surface area (Å²) >= 11 is 0. The third-order valence-corrected chi connectivity index (χ3v) is 4.73. The summed E-state index contributed by atoms with van der Waals surface area (Å²) in [4.78, 5) is 1.92. The number of phenolic OH excluding ortho intramolecular Hbond substituents is 1. The van der Waals surface area contributed by atoms with Crippen molar-refractivity contribution in [1.82, 2.24) is 10.2 Å². The lowest BCUT2D eigenvalue weighted by Crippen LogP contribution is -2.52. The second kappa shape index (κ2) is 7.21. The largest absolute Gasteiger partial charge is 0.507 e. The molecule has 6 nitrogen and oxygen atoms in total. The lowest BCUT2D eigenvalue weighted by Gasteiger charge is -2.38. The van der Waals surface area contributed by atoms with E-state index >= 15 is 0 Å². The van der Waals surface area contributed by atoms with Gasteiger partial charge >= 0.3 is 6.18 Å². The Morgan fingerprint density at radius 1 is 1.18 bits per heavy atom. The van der Waals surface area contributed by atoms with Crippen LogP contribution in [0.25, 0.3) is 11.3 Å². The van der Waals surface area contributed by atoms with Crippen molar-refractivity contribution >= 4 is 5.82 Å². The minimum atomic E-state index is -4.54. The van der Waals surface area contributed by atoms with Crippen molar-refractivity contribution < 1.29 is 28.1 Å². The summed E-state index contributed by atoms with van der Waals surface area (Å²) in [7, 11) is 0. The van der Waals surface area contributed by atoms with Gasteiger partial charge in [0.15, 0.2) is 5.82 Å². The molecule has 152 valence electrons. The highest BCUT2D eigenvalue weighted by Gasteiger charge is 2.34. The highest BCUT2D eigenvalue weighted by atomic mass is 19.4. The zero-order chi connectivity index (χ0) is 20.7. The lowest BCUT2D eigenvalue weighted by atomic mass is 10.00. The fraction of sp³-hybridized carbons (Fsp3) is 0.474. The van der Waals surface area contributed by atoms with Crippen LogP contribution in [-0.2, 0) is 10.9 Å². The summed E-state index contributed by atoms with van der Waals surface area (Å²) in [5.74, 6) is 0.0631. The van der Waals surface area contributed by atoms with E-state index in [4.69, 9.17) is 4.74 Å². The smallest absolute Gasteiger partial charge is 0.416 e. The molecular formula is C19H22F3N3O3. The van der Waals surface area contributed by atoms with Gasteiger partial charge in [-0.25, -0.2) is 0 Å². The zero-order valence-electron chi connectivity index (χ0n) is 15.8. The molecule has 0 saturated carbocycles. The van der Waals surface area contributed by atoms with E-state index in [1.807, 2.05) is 4.90 Å². The Morgan fingerprint density at radius 2 is 1.89 bits per heavy atom. The number of hydrogen-bond donors (Lipinski definition) is 2. The molecule has 0 amide bonds. The SMILES string of the molecule is Cc1cc(C(F)(F)F)cc(O)c1-c1ccc(N2CCO[C@H](C(C)(C)O)C2)nn1. The monoisotopic (exact) mass is 397 g/mol. The molecule has 3 rings (SSSR count). The molecule has 2 N–H and O–H groups in total. The maximum absolute atomic E-state index is 12.9. The Kier molecular flexibility index (Phi) is 5.24. The minimum Gasteiger partial charge on any atom is -0.507 e. The van der Waals surface area contributed by atoms with Gasteiger partial charge in [0.1, 0.15) is 11.9 Å². The van der Waals surface area contributed by atoms with Crippen LogP contribution in [0, 0.1) is 6.92 Å². The van der Waals surface area contributed by atoms with E-state index in [-0.39, 0.29) is 22.9 Å². The highest BCUT2D eigenvalue weighted by molar-refractivity contribution is 5.71. The number of aliphatic hydroxyl groups is 1. The van der Waals surface area contributed by atoms with E-state index in [1.165, 1.54) is 6.92 Å². The number of aryl methyl sites for hydroxylation is 1.